The van der Waals surface area contributed by atoms with Gasteiger partial charge in [-0.1, -0.05) is 15.9 Å². The van der Waals surface area contributed by atoms with Gasteiger partial charge < -0.3 is 15.3 Å². The van der Waals surface area contributed by atoms with E-state index in [2.05, 4.69) is 21.2 Å². The molecule has 0 bridgehead atoms. The van der Waals surface area contributed by atoms with Gasteiger partial charge in [0.2, 0.25) is 0 Å². The molecule has 1 aromatic carbocycles. The van der Waals surface area contributed by atoms with Crippen LogP contribution in [0.5, 0.6) is 0 Å². The van der Waals surface area contributed by atoms with E-state index in [0.717, 1.165) is 4.47 Å². The molecule has 2 rings (SSSR count). The molecule has 0 radical (unpaired) electrons. The molecular weight excluding hydrogens is 338 g/mol. The minimum absolute atomic E-state index is 0.157. The number of anilines is 1. The number of hydrogen-bond acceptors (Lipinski definition) is 3. The molecule has 0 saturated carbocycles. The van der Waals surface area contributed by atoms with Gasteiger partial charge in [-0.05, 0) is 31.5 Å². The fourth-order valence-corrected chi connectivity index (χ4v) is 2.58. The number of carboxylic acid groups (broad SMARTS) is 1. The van der Waals surface area contributed by atoms with Crippen molar-refractivity contribution in [3.63, 3.8) is 0 Å². The van der Waals surface area contributed by atoms with Crippen LogP contribution in [0.1, 0.15) is 18.9 Å². The first kappa shape index (κ1) is 15.3. The molecule has 1 saturated heterocycles. The third kappa shape index (κ3) is 3.16. The van der Waals surface area contributed by atoms with Crippen molar-refractivity contribution in [1.29, 1.82) is 5.26 Å². The summed E-state index contributed by atoms with van der Waals surface area (Å²) < 4.78 is 0.744. The number of likely N-dealkylation sites (tertiary alicyclic amines) is 1. The second-order valence-corrected chi connectivity index (χ2v) is 6.18. The summed E-state index contributed by atoms with van der Waals surface area (Å²) in [7, 11) is 0. The van der Waals surface area contributed by atoms with Gasteiger partial charge in [0, 0.05) is 17.6 Å². The molecule has 0 spiro atoms. The molecule has 21 heavy (non-hydrogen) atoms. The largest absolute Gasteiger partial charge is 0.481 e. The topological polar surface area (TPSA) is 93.4 Å². The number of carboxylic acids is 1. The van der Waals surface area contributed by atoms with Gasteiger partial charge in [-0.3, -0.25) is 4.79 Å². The Balaban J connectivity index is 2.12. The molecule has 6 nitrogen and oxygen atoms in total. The monoisotopic (exact) mass is 351 g/mol. The van der Waals surface area contributed by atoms with Crippen LogP contribution in [0.4, 0.5) is 10.5 Å². The van der Waals surface area contributed by atoms with Gasteiger partial charge in [0.25, 0.3) is 0 Å². The smallest absolute Gasteiger partial charge is 0.321 e. The van der Waals surface area contributed by atoms with Crippen LogP contribution in [0.15, 0.2) is 22.7 Å². The van der Waals surface area contributed by atoms with E-state index in [1.165, 1.54) is 4.90 Å². The number of carbonyl (C=O) groups excluding carboxylic acids is 1. The number of hydrogen-bond donors (Lipinski definition) is 2. The highest BCUT2D eigenvalue weighted by atomic mass is 79.9. The molecule has 1 unspecified atom stereocenters. The minimum Gasteiger partial charge on any atom is -0.481 e. The Morgan fingerprint density at radius 1 is 1.52 bits per heavy atom. The lowest BCUT2D eigenvalue weighted by molar-refractivity contribution is -0.146. The normalized spacial score (nSPS) is 20.9. The van der Waals surface area contributed by atoms with Crippen LogP contribution in [0.25, 0.3) is 0 Å². The molecule has 1 fully saturated rings. The van der Waals surface area contributed by atoms with Crippen LogP contribution in [-0.2, 0) is 4.79 Å². The molecule has 1 heterocycles. The third-order valence-corrected chi connectivity index (χ3v) is 4.11. The Morgan fingerprint density at radius 2 is 2.24 bits per heavy atom. The minimum atomic E-state index is -0.910. The Labute approximate surface area is 130 Å². The first-order valence-corrected chi connectivity index (χ1v) is 7.14. The maximum Gasteiger partial charge on any atom is 0.321 e. The van der Waals surface area contributed by atoms with Gasteiger partial charge >= 0.3 is 12.0 Å². The second-order valence-electron chi connectivity index (χ2n) is 5.27. The van der Waals surface area contributed by atoms with E-state index >= 15 is 0 Å². The summed E-state index contributed by atoms with van der Waals surface area (Å²) in [6.07, 6.45) is 0.416. The van der Waals surface area contributed by atoms with Gasteiger partial charge in [-0.25, -0.2) is 4.79 Å². The summed E-state index contributed by atoms with van der Waals surface area (Å²) in [5.41, 5.74) is -0.153. The molecule has 1 aliphatic rings. The summed E-state index contributed by atoms with van der Waals surface area (Å²) in [6, 6.07) is 6.57. The molecule has 0 aliphatic carbocycles. The summed E-state index contributed by atoms with van der Waals surface area (Å²) in [6.45, 7) is 2.16. The number of amides is 2. The summed E-state index contributed by atoms with van der Waals surface area (Å²) in [4.78, 5) is 24.8. The van der Waals surface area contributed by atoms with E-state index in [-0.39, 0.29) is 6.54 Å². The molecule has 1 aromatic rings. The SMILES string of the molecule is CC1(C(=O)O)CCN(C(=O)Nc2cc(Br)ccc2C#N)C1. The number of urea groups is 1. The van der Waals surface area contributed by atoms with Crippen LogP contribution < -0.4 is 5.32 Å². The van der Waals surface area contributed by atoms with E-state index in [1.54, 1.807) is 25.1 Å². The number of carbonyl (C=O) groups is 2. The lowest BCUT2D eigenvalue weighted by atomic mass is 9.90. The summed E-state index contributed by atoms with van der Waals surface area (Å²) >= 11 is 3.28. The maximum absolute atomic E-state index is 12.2. The highest BCUT2D eigenvalue weighted by Gasteiger charge is 2.42. The van der Waals surface area contributed by atoms with Gasteiger partial charge in [0.15, 0.2) is 0 Å². The molecule has 110 valence electrons. The van der Waals surface area contributed by atoms with E-state index in [9.17, 15) is 14.7 Å². The van der Waals surface area contributed by atoms with Crippen LogP contribution in [-0.4, -0.2) is 35.1 Å². The van der Waals surface area contributed by atoms with Gasteiger partial charge in [0.1, 0.15) is 6.07 Å². The lowest BCUT2D eigenvalue weighted by Crippen LogP contribution is -2.37. The van der Waals surface area contributed by atoms with Gasteiger partial charge in [-0.15, -0.1) is 0 Å². The number of halogens is 1. The highest BCUT2D eigenvalue weighted by Crippen LogP contribution is 2.30. The zero-order valence-corrected chi connectivity index (χ0v) is 13.0. The molecule has 0 aromatic heterocycles. The predicted octanol–water partition coefficient (Wildman–Crippen LogP) is 2.65. The highest BCUT2D eigenvalue weighted by molar-refractivity contribution is 9.10. The quantitative estimate of drug-likeness (QED) is 0.856. The maximum atomic E-state index is 12.2. The summed E-state index contributed by atoms with van der Waals surface area (Å²) in [5, 5.41) is 20.9. The Morgan fingerprint density at radius 3 is 2.81 bits per heavy atom. The summed E-state index contributed by atoms with van der Waals surface area (Å²) in [5.74, 6) is -0.905. The Hall–Kier alpha value is -2.07. The van der Waals surface area contributed by atoms with Gasteiger partial charge in [0.05, 0.1) is 16.7 Å². The second kappa shape index (κ2) is 5.74. The van der Waals surface area contributed by atoms with E-state index in [1.807, 2.05) is 6.07 Å². The van der Waals surface area contributed by atoms with Crippen molar-refractivity contribution in [3.8, 4) is 6.07 Å². The lowest BCUT2D eigenvalue weighted by Gasteiger charge is -2.20. The van der Waals surface area contributed by atoms with Crippen LogP contribution >= 0.6 is 15.9 Å². The third-order valence-electron chi connectivity index (χ3n) is 3.62. The molecule has 1 aliphatic heterocycles. The number of aliphatic carboxylic acids is 1. The molecule has 2 N–H and O–H groups in total. The Bertz CT molecular complexity index is 641. The fourth-order valence-electron chi connectivity index (χ4n) is 2.22. The van der Waals surface area contributed by atoms with Crippen molar-refractivity contribution in [2.45, 2.75) is 13.3 Å². The number of nitriles is 1. The number of nitrogens with zero attached hydrogens (tertiary/aromatic N) is 2. The van der Waals surface area contributed by atoms with E-state index in [4.69, 9.17) is 5.26 Å². The first-order valence-electron chi connectivity index (χ1n) is 6.35. The molecular formula is C14H14BrN3O3. The average Bonchev–Trinajstić information content (AvgIpc) is 2.83. The van der Waals surface area contributed by atoms with Crippen LogP contribution in [0.2, 0.25) is 0 Å². The van der Waals surface area contributed by atoms with E-state index in [0.29, 0.717) is 24.2 Å². The van der Waals surface area contributed by atoms with Crippen molar-refractivity contribution in [3.05, 3.63) is 28.2 Å². The van der Waals surface area contributed by atoms with E-state index < -0.39 is 17.4 Å². The number of benzene rings is 1. The number of nitrogens with one attached hydrogen (secondary N) is 1. The average molecular weight is 352 g/mol. The van der Waals surface area contributed by atoms with Crippen molar-refractivity contribution < 1.29 is 14.7 Å². The molecule has 1 atom stereocenters. The fraction of sp³-hybridized carbons (Fsp3) is 0.357. The standard InChI is InChI=1S/C14H14BrN3O3/c1-14(12(19)20)4-5-18(8-14)13(21)17-11-6-10(15)3-2-9(11)7-16/h2-3,6H,4-5,8H2,1H3,(H,17,21)(H,19,20). The predicted molar refractivity (Wildman–Crippen MR) is 79.8 cm³/mol. The number of rotatable bonds is 2. The molecule has 7 heteroatoms. The van der Waals surface area contributed by atoms with Gasteiger partial charge in [-0.2, -0.15) is 5.26 Å². The van der Waals surface area contributed by atoms with Crippen LogP contribution in [0.3, 0.4) is 0 Å². The van der Waals surface area contributed by atoms with Crippen LogP contribution in [0, 0.1) is 16.7 Å². The van der Waals surface area contributed by atoms with Crippen molar-refractivity contribution in [2.24, 2.45) is 5.41 Å². The zero-order chi connectivity index (χ0) is 15.6. The molecule has 2 amide bonds. The zero-order valence-electron chi connectivity index (χ0n) is 11.4. The van der Waals surface area contributed by atoms with Crippen molar-refractivity contribution in [1.82, 2.24) is 4.90 Å². The van der Waals surface area contributed by atoms with Crippen molar-refractivity contribution >= 4 is 33.6 Å². The van der Waals surface area contributed by atoms with Crippen molar-refractivity contribution in [2.75, 3.05) is 18.4 Å². The first-order chi connectivity index (χ1) is 9.85. The Kier molecular flexibility index (Phi) is 4.19.